The van der Waals surface area contributed by atoms with Gasteiger partial charge in [0.15, 0.2) is 0 Å². The van der Waals surface area contributed by atoms with Gasteiger partial charge in [-0.05, 0) is 22.0 Å². The zero-order valence-corrected chi connectivity index (χ0v) is 10.7. The number of aromatic carboxylic acids is 1. The summed E-state index contributed by atoms with van der Waals surface area (Å²) in [6.45, 7) is 0.0439. The van der Waals surface area contributed by atoms with Crippen molar-refractivity contribution < 1.29 is 14.6 Å². The van der Waals surface area contributed by atoms with Gasteiger partial charge in [-0.2, -0.15) is 0 Å². The van der Waals surface area contributed by atoms with Crippen molar-refractivity contribution in [2.45, 2.75) is 6.61 Å². The Morgan fingerprint density at radius 3 is 2.89 bits per heavy atom. The summed E-state index contributed by atoms with van der Waals surface area (Å²) in [5.41, 5.74) is 0.345. The molecule has 2 heterocycles. The number of carboxylic acid groups (broad SMARTS) is 1. The van der Waals surface area contributed by atoms with Gasteiger partial charge < -0.3 is 9.84 Å². The van der Waals surface area contributed by atoms with Crippen LogP contribution in [0.4, 0.5) is 0 Å². The monoisotopic (exact) mass is 309 g/mol. The Bertz CT molecular complexity index is 577. The molecule has 7 heteroatoms. The van der Waals surface area contributed by atoms with Gasteiger partial charge in [-0.3, -0.25) is 4.98 Å². The van der Waals surface area contributed by atoms with Crippen LogP contribution in [0.15, 0.2) is 35.5 Å². The highest BCUT2D eigenvalue weighted by atomic mass is 79.9. The van der Waals surface area contributed by atoms with E-state index in [1.54, 1.807) is 12.3 Å². The number of aromatic nitrogens is 3. The standard InChI is InChI=1S/C11H8BrN3O3/c12-7-1-8(3-13-2-7)18-5-10-9(11(16)17)4-14-6-15-10/h1-4,6H,5H2,(H,16,17). The van der Waals surface area contributed by atoms with Gasteiger partial charge in [0.2, 0.25) is 0 Å². The minimum atomic E-state index is -1.08. The number of rotatable bonds is 4. The van der Waals surface area contributed by atoms with Gasteiger partial charge in [-0.15, -0.1) is 0 Å². The fourth-order valence-electron chi connectivity index (χ4n) is 1.27. The maximum Gasteiger partial charge on any atom is 0.339 e. The van der Waals surface area contributed by atoms with Crippen LogP contribution < -0.4 is 4.74 Å². The molecule has 0 aliphatic heterocycles. The normalized spacial score (nSPS) is 10.1. The summed E-state index contributed by atoms with van der Waals surface area (Å²) in [6, 6.07) is 1.73. The first-order valence-corrected chi connectivity index (χ1v) is 5.71. The summed E-state index contributed by atoms with van der Waals surface area (Å²) in [7, 11) is 0. The smallest absolute Gasteiger partial charge is 0.339 e. The highest BCUT2D eigenvalue weighted by Crippen LogP contribution is 2.17. The van der Waals surface area contributed by atoms with Crippen molar-refractivity contribution in [3.63, 3.8) is 0 Å². The molecule has 92 valence electrons. The van der Waals surface area contributed by atoms with Crippen molar-refractivity contribution in [3.05, 3.63) is 46.7 Å². The maximum atomic E-state index is 10.9. The minimum absolute atomic E-state index is 0.0282. The predicted octanol–water partition coefficient (Wildman–Crippen LogP) is 1.91. The number of carbonyl (C=O) groups is 1. The van der Waals surface area contributed by atoms with E-state index in [0.29, 0.717) is 11.4 Å². The van der Waals surface area contributed by atoms with Crippen LogP contribution in [0.25, 0.3) is 0 Å². The van der Waals surface area contributed by atoms with Gasteiger partial charge in [0.25, 0.3) is 0 Å². The summed E-state index contributed by atoms with van der Waals surface area (Å²) in [4.78, 5) is 22.4. The van der Waals surface area contributed by atoms with E-state index >= 15 is 0 Å². The Morgan fingerprint density at radius 1 is 1.33 bits per heavy atom. The average Bonchev–Trinajstić information content (AvgIpc) is 2.37. The minimum Gasteiger partial charge on any atom is -0.486 e. The van der Waals surface area contributed by atoms with E-state index in [9.17, 15) is 4.79 Å². The number of hydrogen-bond donors (Lipinski definition) is 1. The molecule has 0 bridgehead atoms. The number of nitrogens with zero attached hydrogens (tertiary/aromatic N) is 3. The van der Waals surface area contributed by atoms with Crippen molar-refractivity contribution >= 4 is 21.9 Å². The molecule has 0 saturated carbocycles. The van der Waals surface area contributed by atoms with Crippen molar-refractivity contribution in [1.82, 2.24) is 15.0 Å². The maximum absolute atomic E-state index is 10.9. The predicted molar refractivity (Wildman–Crippen MR) is 65.3 cm³/mol. The number of ether oxygens (including phenoxy) is 1. The van der Waals surface area contributed by atoms with E-state index in [1.165, 1.54) is 18.7 Å². The Balaban J connectivity index is 2.13. The molecule has 0 spiro atoms. The largest absolute Gasteiger partial charge is 0.486 e. The molecule has 0 unspecified atom stereocenters. The fraction of sp³-hybridized carbons (Fsp3) is 0.0909. The molecule has 2 aromatic rings. The Kier molecular flexibility index (Phi) is 3.83. The lowest BCUT2D eigenvalue weighted by Gasteiger charge is -2.07. The molecule has 0 amide bonds. The van der Waals surface area contributed by atoms with Crippen LogP contribution in [0.5, 0.6) is 5.75 Å². The quantitative estimate of drug-likeness (QED) is 0.928. The molecule has 6 nitrogen and oxygen atoms in total. The number of halogens is 1. The second-order valence-corrected chi connectivity index (χ2v) is 4.23. The van der Waals surface area contributed by atoms with Crippen LogP contribution in [0, 0.1) is 0 Å². The zero-order valence-electron chi connectivity index (χ0n) is 9.08. The lowest BCUT2D eigenvalue weighted by atomic mass is 10.2. The third kappa shape index (κ3) is 3.01. The van der Waals surface area contributed by atoms with Gasteiger partial charge in [-0.25, -0.2) is 14.8 Å². The van der Waals surface area contributed by atoms with Crippen LogP contribution in [-0.2, 0) is 6.61 Å². The van der Waals surface area contributed by atoms with Crippen LogP contribution in [0.2, 0.25) is 0 Å². The van der Waals surface area contributed by atoms with Gasteiger partial charge in [-0.1, -0.05) is 0 Å². The highest BCUT2D eigenvalue weighted by molar-refractivity contribution is 9.10. The Hall–Kier alpha value is -2.02. The van der Waals surface area contributed by atoms with Crippen molar-refractivity contribution in [2.75, 3.05) is 0 Å². The van der Waals surface area contributed by atoms with Crippen LogP contribution in [0.1, 0.15) is 16.1 Å². The van der Waals surface area contributed by atoms with Crippen molar-refractivity contribution in [1.29, 1.82) is 0 Å². The first-order chi connectivity index (χ1) is 8.66. The number of pyridine rings is 1. The molecule has 0 saturated heterocycles. The van der Waals surface area contributed by atoms with Crippen molar-refractivity contribution in [2.24, 2.45) is 0 Å². The van der Waals surface area contributed by atoms with Crippen LogP contribution >= 0.6 is 15.9 Å². The molecule has 0 aliphatic rings. The second kappa shape index (κ2) is 5.54. The van der Waals surface area contributed by atoms with Crippen LogP contribution in [0.3, 0.4) is 0 Å². The van der Waals surface area contributed by atoms with Crippen molar-refractivity contribution in [3.8, 4) is 5.75 Å². The summed E-state index contributed by atoms with van der Waals surface area (Å²) < 4.78 is 6.20. The van der Waals surface area contributed by atoms with E-state index in [0.717, 1.165) is 4.47 Å². The van der Waals surface area contributed by atoms with Crippen LogP contribution in [-0.4, -0.2) is 26.0 Å². The van der Waals surface area contributed by atoms with Gasteiger partial charge >= 0.3 is 5.97 Å². The summed E-state index contributed by atoms with van der Waals surface area (Å²) in [5, 5.41) is 8.95. The fourth-order valence-corrected chi connectivity index (χ4v) is 1.62. The van der Waals surface area contributed by atoms with Gasteiger partial charge in [0.05, 0.1) is 11.9 Å². The third-order valence-electron chi connectivity index (χ3n) is 2.08. The molecular formula is C11H8BrN3O3. The van der Waals surface area contributed by atoms with E-state index in [2.05, 4.69) is 30.9 Å². The molecule has 0 aromatic carbocycles. The molecule has 0 aliphatic carbocycles. The molecular weight excluding hydrogens is 302 g/mol. The number of hydrogen-bond acceptors (Lipinski definition) is 5. The second-order valence-electron chi connectivity index (χ2n) is 3.32. The third-order valence-corrected chi connectivity index (χ3v) is 2.51. The molecule has 2 aromatic heterocycles. The first kappa shape index (κ1) is 12.4. The summed E-state index contributed by atoms with van der Waals surface area (Å²) in [6.07, 6.45) is 5.68. The molecule has 0 radical (unpaired) electrons. The number of carboxylic acids is 1. The zero-order chi connectivity index (χ0) is 13.0. The summed E-state index contributed by atoms with van der Waals surface area (Å²) >= 11 is 3.26. The molecule has 0 fully saturated rings. The lowest BCUT2D eigenvalue weighted by molar-refractivity contribution is 0.0692. The molecule has 0 atom stereocenters. The lowest BCUT2D eigenvalue weighted by Crippen LogP contribution is -2.08. The van der Waals surface area contributed by atoms with E-state index < -0.39 is 5.97 Å². The average molecular weight is 310 g/mol. The van der Waals surface area contributed by atoms with E-state index in [4.69, 9.17) is 9.84 Å². The topological polar surface area (TPSA) is 85.2 Å². The van der Waals surface area contributed by atoms with E-state index in [-0.39, 0.29) is 12.2 Å². The SMILES string of the molecule is O=C(O)c1cncnc1COc1cncc(Br)c1. The van der Waals surface area contributed by atoms with Gasteiger partial charge in [0, 0.05) is 16.9 Å². The van der Waals surface area contributed by atoms with Gasteiger partial charge in [0.1, 0.15) is 24.2 Å². The van der Waals surface area contributed by atoms with E-state index in [1.807, 2.05) is 0 Å². The molecule has 2 rings (SSSR count). The molecule has 1 N–H and O–H groups in total. The highest BCUT2D eigenvalue weighted by Gasteiger charge is 2.11. The Labute approximate surface area is 111 Å². The molecule has 18 heavy (non-hydrogen) atoms. The summed E-state index contributed by atoms with van der Waals surface area (Å²) in [5.74, 6) is -0.555. The Morgan fingerprint density at radius 2 is 2.17 bits per heavy atom. The first-order valence-electron chi connectivity index (χ1n) is 4.92.